The van der Waals surface area contributed by atoms with Crippen molar-refractivity contribution in [3.8, 4) is 11.5 Å². The number of rotatable bonds is 4. The summed E-state index contributed by atoms with van der Waals surface area (Å²) in [6.07, 6.45) is 0. The van der Waals surface area contributed by atoms with Gasteiger partial charge >= 0.3 is 0 Å². The van der Waals surface area contributed by atoms with Crippen LogP contribution < -0.4 is 15.2 Å². The summed E-state index contributed by atoms with van der Waals surface area (Å²) < 4.78 is 10.3. The van der Waals surface area contributed by atoms with E-state index in [1.54, 1.807) is 23.6 Å². The molecule has 6 heteroatoms. The fourth-order valence-electron chi connectivity index (χ4n) is 1.67. The third kappa shape index (κ3) is 2.52. The number of benzene rings is 1. The number of hydrogen-bond acceptors (Lipinski definition) is 5. The highest BCUT2D eigenvalue weighted by Crippen LogP contribution is 2.34. The molecule has 0 fully saturated rings. The average molecular weight is 298 g/mol. The minimum Gasteiger partial charge on any atom is -0.493 e. The van der Waals surface area contributed by atoms with Crippen LogP contribution in [0.4, 0.5) is 5.69 Å². The summed E-state index contributed by atoms with van der Waals surface area (Å²) in [5.41, 5.74) is 6.56. The zero-order valence-electron chi connectivity index (χ0n) is 10.4. The van der Waals surface area contributed by atoms with Crippen LogP contribution in [0.25, 0.3) is 0 Å². The maximum Gasteiger partial charge on any atom is 0.206 e. The minimum absolute atomic E-state index is 0.224. The maximum absolute atomic E-state index is 12.4. The van der Waals surface area contributed by atoms with E-state index >= 15 is 0 Å². The van der Waals surface area contributed by atoms with E-state index in [4.69, 9.17) is 26.8 Å². The van der Waals surface area contributed by atoms with Crippen molar-refractivity contribution in [3.63, 3.8) is 0 Å². The molecule has 0 aliphatic heterocycles. The van der Waals surface area contributed by atoms with Crippen LogP contribution in [0.2, 0.25) is 5.02 Å². The van der Waals surface area contributed by atoms with Crippen LogP contribution in [-0.4, -0.2) is 20.0 Å². The second-order valence-corrected chi connectivity index (χ2v) is 5.04. The number of ether oxygens (including phenoxy) is 2. The Labute approximate surface area is 119 Å². The summed E-state index contributed by atoms with van der Waals surface area (Å²) in [6.45, 7) is 0. The molecule has 0 amide bonds. The second kappa shape index (κ2) is 5.50. The zero-order valence-corrected chi connectivity index (χ0v) is 12.0. The molecule has 1 heterocycles. The van der Waals surface area contributed by atoms with Gasteiger partial charge in [-0.3, -0.25) is 4.79 Å². The van der Waals surface area contributed by atoms with E-state index in [0.29, 0.717) is 32.6 Å². The molecule has 2 N–H and O–H groups in total. The van der Waals surface area contributed by atoms with Gasteiger partial charge in [0.2, 0.25) is 5.78 Å². The van der Waals surface area contributed by atoms with Gasteiger partial charge in [0.15, 0.2) is 11.5 Å². The van der Waals surface area contributed by atoms with E-state index in [2.05, 4.69) is 0 Å². The van der Waals surface area contributed by atoms with Gasteiger partial charge in [0.05, 0.1) is 29.7 Å². The predicted molar refractivity (Wildman–Crippen MR) is 76.7 cm³/mol. The molecule has 1 aromatic heterocycles. The Morgan fingerprint density at radius 3 is 2.42 bits per heavy atom. The van der Waals surface area contributed by atoms with Crippen molar-refractivity contribution in [2.75, 3.05) is 20.0 Å². The standard InChI is InChI=1S/C13H12ClNO3S/c1-17-10-5-7(9(15)6-11(10)18-2)12(16)13-8(14)3-4-19-13/h3-6H,15H2,1-2H3. The third-order valence-corrected chi connectivity index (χ3v) is 3.96. The van der Waals surface area contributed by atoms with Crippen molar-refractivity contribution >= 4 is 34.4 Å². The smallest absolute Gasteiger partial charge is 0.206 e. The Kier molecular flexibility index (Phi) is 3.97. The lowest BCUT2D eigenvalue weighted by atomic mass is 10.1. The molecule has 0 aliphatic rings. The Morgan fingerprint density at radius 1 is 1.26 bits per heavy atom. The van der Waals surface area contributed by atoms with E-state index in [9.17, 15) is 4.79 Å². The number of halogens is 1. The first-order valence-corrected chi connectivity index (χ1v) is 6.63. The van der Waals surface area contributed by atoms with E-state index in [0.717, 1.165) is 0 Å². The lowest BCUT2D eigenvalue weighted by Crippen LogP contribution is -2.05. The number of ketones is 1. The second-order valence-electron chi connectivity index (χ2n) is 3.72. The van der Waals surface area contributed by atoms with Gasteiger partial charge in [-0.2, -0.15) is 0 Å². The highest BCUT2D eigenvalue weighted by Gasteiger charge is 2.19. The van der Waals surface area contributed by atoms with E-state index in [1.807, 2.05) is 0 Å². The molecular weight excluding hydrogens is 286 g/mol. The molecule has 0 saturated heterocycles. The van der Waals surface area contributed by atoms with Crippen molar-refractivity contribution in [1.82, 2.24) is 0 Å². The SMILES string of the molecule is COc1cc(N)c(C(=O)c2sccc2Cl)cc1OC. The highest BCUT2D eigenvalue weighted by atomic mass is 35.5. The summed E-state index contributed by atoms with van der Waals surface area (Å²) in [7, 11) is 3.01. The molecular formula is C13H12ClNO3S. The first-order chi connectivity index (χ1) is 9.08. The van der Waals surface area contributed by atoms with E-state index < -0.39 is 0 Å². The Bertz CT molecular complexity index is 624. The van der Waals surface area contributed by atoms with E-state index in [1.165, 1.54) is 25.6 Å². The molecule has 19 heavy (non-hydrogen) atoms. The van der Waals surface area contributed by atoms with Gasteiger partial charge < -0.3 is 15.2 Å². The molecule has 0 spiro atoms. The zero-order chi connectivity index (χ0) is 14.0. The lowest BCUT2D eigenvalue weighted by molar-refractivity contribution is 0.104. The van der Waals surface area contributed by atoms with Crippen molar-refractivity contribution in [1.29, 1.82) is 0 Å². The fourth-order valence-corrected chi connectivity index (χ4v) is 2.76. The number of methoxy groups -OCH3 is 2. The number of nitrogens with two attached hydrogens (primary N) is 1. The van der Waals surface area contributed by atoms with Gasteiger partial charge in [0.1, 0.15) is 0 Å². The average Bonchev–Trinajstić information content (AvgIpc) is 2.83. The summed E-state index contributed by atoms with van der Waals surface area (Å²) in [5.74, 6) is 0.708. The summed E-state index contributed by atoms with van der Waals surface area (Å²) in [4.78, 5) is 12.8. The van der Waals surface area contributed by atoms with Crippen molar-refractivity contribution in [2.45, 2.75) is 0 Å². The Hall–Kier alpha value is -1.72. The number of carbonyl (C=O) groups is 1. The molecule has 0 unspecified atom stereocenters. The Balaban J connectivity index is 2.51. The number of anilines is 1. The van der Waals surface area contributed by atoms with E-state index in [-0.39, 0.29) is 5.78 Å². The van der Waals surface area contributed by atoms with Gasteiger partial charge in [0, 0.05) is 11.8 Å². The molecule has 0 bridgehead atoms. The fraction of sp³-hybridized carbons (Fsp3) is 0.154. The van der Waals surface area contributed by atoms with Gasteiger partial charge in [-0.15, -0.1) is 11.3 Å². The monoisotopic (exact) mass is 297 g/mol. The van der Waals surface area contributed by atoms with Crippen molar-refractivity contribution in [3.05, 3.63) is 39.0 Å². The molecule has 4 nitrogen and oxygen atoms in total. The number of nitrogen functional groups attached to an aromatic ring is 1. The number of hydrogen-bond donors (Lipinski definition) is 1. The van der Waals surface area contributed by atoms with Crippen LogP contribution in [0.3, 0.4) is 0 Å². The minimum atomic E-state index is -0.224. The van der Waals surface area contributed by atoms with Crippen LogP contribution >= 0.6 is 22.9 Å². The molecule has 0 atom stereocenters. The Morgan fingerprint density at radius 2 is 1.89 bits per heavy atom. The van der Waals surface area contributed by atoms with Crippen molar-refractivity contribution in [2.24, 2.45) is 0 Å². The van der Waals surface area contributed by atoms with Crippen LogP contribution in [0.15, 0.2) is 23.6 Å². The molecule has 0 radical (unpaired) electrons. The van der Waals surface area contributed by atoms with Gasteiger partial charge in [-0.25, -0.2) is 0 Å². The van der Waals surface area contributed by atoms with Crippen LogP contribution in [-0.2, 0) is 0 Å². The number of carbonyl (C=O) groups excluding carboxylic acids is 1. The topological polar surface area (TPSA) is 61.5 Å². The molecule has 2 rings (SSSR count). The number of thiophene rings is 1. The molecule has 100 valence electrons. The normalized spacial score (nSPS) is 10.3. The summed E-state index contributed by atoms with van der Waals surface area (Å²) >= 11 is 7.24. The highest BCUT2D eigenvalue weighted by molar-refractivity contribution is 7.13. The maximum atomic E-state index is 12.4. The molecule has 0 saturated carbocycles. The van der Waals surface area contributed by atoms with Crippen LogP contribution in [0.1, 0.15) is 15.2 Å². The lowest BCUT2D eigenvalue weighted by Gasteiger charge is -2.11. The molecule has 0 aliphatic carbocycles. The first-order valence-electron chi connectivity index (χ1n) is 5.37. The summed E-state index contributed by atoms with van der Waals surface area (Å²) in [6, 6.07) is 4.80. The summed E-state index contributed by atoms with van der Waals surface area (Å²) in [5, 5.41) is 2.18. The van der Waals surface area contributed by atoms with Gasteiger partial charge in [-0.05, 0) is 17.5 Å². The van der Waals surface area contributed by atoms with Gasteiger partial charge in [-0.1, -0.05) is 11.6 Å². The van der Waals surface area contributed by atoms with Crippen LogP contribution in [0.5, 0.6) is 11.5 Å². The first kappa shape index (κ1) is 13.7. The van der Waals surface area contributed by atoms with Crippen LogP contribution in [0, 0.1) is 0 Å². The quantitative estimate of drug-likeness (QED) is 0.695. The van der Waals surface area contributed by atoms with Gasteiger partial charge in [0.25, 0.3) is 0 Å². The van der Waals surface area contributed by atoms with Crippen molar-refractivity contribution < 1.29 is 14.3 Å². The molecule has 2 aromatic rings. The third-order valence-electron chi connectivity index (χ3n) is 2.62. The predicted octanol–water partition coefficient (Wildman–Crippen LogP) is 3.23. The molecule has 1 aromatic carbocycles. The largest absolute Gasteiger partial charge is 0.493 e.